The van der Waals surface area contributed by atoms with Crippen LogP contribution >= 0.6 is 11.6 Å². The van der Waals surface area contributed by atoms with Crippen molar-refractivity contribution in [3.8, 4) is 5.75 Å². The second-order valence-corrected chi connectivity index (χ2v) is 5.77. The molecule has 0 bridgehead atoms. The van der Waals surface area contributed by atoms with E-state index < -0.39 is 0 Å². The molecule has 2 nitrogen and oxygen atoms in total. The molecule has 0 aliphatic carbocycles. The summed E-state index contributed by atoms with van der Waals surface area (Å²) in [4.78, 5) is 0. The summed E-state index contributed by atoms with van der Waals surface area (Å²) in [5.74, 6) is 0.823. The van der Waals surface area contributed by atoms with Crippen LogP contribution in [0.2, 0.25) is 5.02 Å². The molecule has 20 heavy (non-hydrogen) atoms. The lowest BCUT2D eigenvalue weighted by Gasteiger charge is -2.26. The highest BCUT2D eigenvalue weighted by molar-refractivity contribution is 6.30. The average molecular weight is 296 g/mol. The van der Waals surface area contributed by atoms with E-state index in [1.54, 1.807) is 0 Å². The summed E-state index contributed by atoms with van der Waals surface area (Å²) in [6.45, 7) is 11.3. The summed E-state index contributed by atoms with van der Waals surface area (Å²) in [6, 6.07) is 7.89. The molecule has 112 valence electrons. The van der Waals surface area contributed by atoms with Crippen LogP contribution in [-0.2, 0) is 0 Å². The summed E-state index contributed by atoms with van der Waals surface area (Å²) in [5, 5.41) is 4.26. The van der Waals surface area contributed by atoms with Crippen LogP contribution in [0.25, 0.3) is 0 Å². The minimum atomic E-state index is 0.0966. The van der Waals surface area contributed by atoms with E-state index in [1.807, 2.05) is 24.3 Å². The summed E-state index contributed by atoms with van der Waals surface area (Å²) < 4.78 is 6.01. The minimum absolute atomic E-state index is 0.0966. The van der Waals surface area contributed by atoms with Crippen LogP contribution in [0.1, 0.15) is 40.0 Å². The third-order valence-corrected chi connectivity index (χ3v) is 3.46. The molecule has 3 heteroatoms. The number of halogens is 1. The normalized spacial score (nSPS) is 13.8. The Morgan fingerprint density at radius 3 is 2.80 bits per heavy atom. The van der Waals surface area contributed by atoms with E-state index in [-0.39, 0.29) is 6.10 Å². The van der Waals surface area contributed by atoms with Crippen LogP contribution in [0.5, 0.6) is 5.75 Å². The van der Waals surface area contributed by atoms with E-state index >= 15 is 0 Å². The number of allylic oxidation sites excluding steroid dienone is 1. The topological polar surface area (TPSA) is 21.3 Å². The van der Waals surface area contributed by atoms with Gasteiger partial charge in [0.2, 0.25) is 0 Å². The molecular weight excluding hydrogens is 270 g/mol. The van der Waals surface area contributed by atoms with Crippen LogP contribution < -0.4 is 10.1 Å². The van der Waals surface area contributed by atoms with Gasteiger partial charge in [0.1, 0.15) is 11.9 Å². The van der Waals surface area contributed by atoms with Crippen LogP contribution in [0.4, 0.5) is 0 Å². The molecule has 2 unspecified atom stereocenters. The third-order valence-electron chi connectivity index (χ3n) is 3.22. The molecule has 0 saturated heterocycles. The Morgan fingerprint density at radius 2 is 2.20 bits per heavy atom. The number of hydrogen-bond acceptors (Lipinski definition) is 2. The van der Waals surface area contributed by atoms with Gasteiger partial charge in [-0.2, -0.15) is 0 Å². The van der Waals surface area contributed by atoms with Crippen molar-refractivity contribution < 1.29 is 4.74 Å². The van der Waals surface area contributed by atoms with Gasteiger partial charge in [0.05, 0.1) is 0 Å². The molecule has 1 aromatic rings. The van der Waals surface area contributed by atoms with E-state index in [4.69, 9.17) is 16.3 Å². The molecule has 0 heterocycles. The van der Waals surface area contributed by atoms with Gasteiger partial charge in [-0.05, 0) is 57.9 Å². The molecule has 2 atom stereocenters. The van der Waals surface area contributed by atoms with E-state index in [0.29, 0.717) is 11.1 Å². The maximum absolute atomic E-state index is 6.01. The molecule has 0 saturated carbocycles. The van der Waals surface area contributed by atoms with Gasteiger partial charge in [0.25, 0.3) is 0 Å². The van der Waals surface area contributed by atoms with Crippen LogP contribution in [0.3, 0.4) is 0 Å². The monoisotopic (exact) mass is 295 g/mol. The highest BCUT2D eigenvalue weighted by Gasteiger charge is 2.18. The maximum atomic E-state index is 6.01. The standard InChI is InChI=1S/C17H26ClNO/c1-5-11-19-17(10-9-13(2)3)14(4)20-16-8-6-7-15(18)12-16/h6-8,12,14,17,19H,2,5,9-11H2,1,3-4H3. The zero-order valence-electron chi connectivity index (χ0n) is 12.8. The number of ether oxygens (including phenoxy) is 1. The van der Waals surface area contributed by atoms with Crippen LogP contribution in [0.15, 0.2) is 36.4 Å². The number of benzene rings is 1. The van der Waals surface area contributed by atoms with Gasteiger partial charge >= 0.3 is 0 Å². The van der Waals surface area contributed by atoms with Gasteiger partial charge < -0.3 is 10.1 Å². The lowest BCUT2D eigenvalue weighted by molar-refractivity contribution is 0.164. The fourth-order valence-electron chi connectivity index (χ4n) is 2.07. The van der Waals surface area contributed by atoms with Gasteiger partial charge in [-0.25, -0.2) is 0 Å². The zero-order valence-corrected chi connectivity index (χ0v) is 13.5. The Morgan fingerprint density at radius 1 is 1.45 bits per heavy atom. The van der Waals surface area contributed by atoms with Crippen molar-refractivity contribution in [2.24, 2.45) is 0 Å². The van der Waals surface area contributed by atoms with Gasteiger partial charge in [-0.3, -0.25) is 0 Å². The smallest absolute Gasteiger partial charge is 0.121 e. The molecule has 1 aromatic carbocycles. The lowest BCUT2D eigenvalue weighted by atomic mass is 10.0. The molecule has 0 radical (unpaired) electrons. The largest absolute Gasteiger partial charge is 0.489 e. The maximum Gasteiger partial charge on any atom is 0.121 e. The molecule has 0 aromatic heterocycles. The Kier molecular flexibility index (Phi) is 7.71. The molecule has 0 amide bonds. The fourth-order valence-corrected chi connectivity index (χ4v) is 2.25. The zero-order chi connectivity index (χ0) is 15.0. The fraction of sp³-hybridized carbons (Fsp3) is 0.529. The van der Waals surface area contributed by atoms with Crippen molar-refractivity contribution >= 4 is 11.6 Å². The molecule has 0 aliphatic rings. The first kappa shape index (κ1) is 17.1. The second-order valence-electron chi connectivity index (χ2n) is 5.34. The van der Waals surface area contributed by atoms with Crippen molar-refractivity contribution in [2.75, 3.05) is 6.54 Å². The number of rotatable bonds is 9. The summed E-state index contributed by atoms with van der Waals surface area (Å²) >= 11 is 5.99. The van der Waals surface area contributed by atoms with Crippen molar-refractivity contribution in [1.82, 2.24) is 5.32 Å². The van der Waals surface area contributed by atoms with Gasteiger partial charge in [0, 0.05) is 11.1 Å². The quantitative estimate of drug-likeness (QED) is 0.659. The highest BCUT2D eigenvalue weighted by Crippen LogP contribution is 2.20. The van der Waals surface area contributed by atoms with E-state index in [0.717, 1.165) is 31.6 Å². The molecule has 0 spiro atoms. The highest BCUT2D eigenvalue weighted by atomic mass is 35.5. The van der Waals surface area contributed by atoms with Crippen molar-refractivity contribution in [3.63, 3.8) is 0 Å². The second kappa shape index (κ2) is 9.04. The Hall–Kier alpha value is -0.990. The number of nitrogens with one attached hydrogen (secondary N) is 1. The molecule has 0 aliphatic heterocycles. The molecular formula is C17H26ClNO. The van der Waals surface area contributed by atoms with Crippen molar-refractivity contribution in [1.29, 1.82) is 0 Å². The average Bonchev–Trinajstić information content (AvgIpc) is 2.38. The molecule has 1 rings (SSSR count). The first-order valence-electron chi connectivity index (χ1n) is 7.33. The Bertz CT molecular complexity index is 419. The van der Waals surface area contributed by atoms with E-state index in [9.17, 15) is 0 Å². The van der Waals surface area contributed by atoms with E-state index in [1.165, 1.54) is 5.57 Å². The van der Waals surface area contributed by atoms with Gasteiger partial charge in [-0.1, -0.05) is 30.2 Å². The summed E-state index contributed by atoms with van der Waals surface area (Å²) in [7, 11) is 0. The molecule has 0 fully saturated rings. The third kappa shape index (κ3) is 6.44. The Labute approximate surface area is 128 Å². The lowest BCUT2D eigenvalue weighted by Crippen LogP contribution is -2.41. The first-order chi connectivity index (χ1) is 9.52. The summed E-state index contributed by atoms with van der Waals surface area (Å²) in [5.41, 5.74) is 1.21. The Balaban J connectivity index is 2.61. The van der Waals surface area contributed by atoms with Crippen molar-refractivity contribution in [2.45, 2.75) is 52.2 Å². The SMILES string of the molecule is C=C(C)CCC(NCCC)C(C)Oc1cccc(Cl)c1. The van der Waals surface area contributed by atoms with Crippen molar-refractivity contribution in [3.05, 3.63) is 41.4 Å². The predicted molar refractivity (Wildman–Crippen MR) is 87.7 cm³/mol. The number of hydrogen-bond donors (Lipinski definition) is 1. The van der Waals surface area contributed by atoms with E-state index in [2.05, 4.69) is 32.7 Å². The van der Waals surface area contributed by atoms with Crippen LogP contribution in [0, 0.1) is 0 Å². The van der Waals surface area contributed by atoms with Gasteiger partial charge in [0.15, 0.2) is 0 Å². The predicted octanol–water partition coefficient (Wildman–Crippen LogP) is 4.83. The minimum Gasteiger partial charge on any atom is -0.489 e. The molecule has 1 N–H and O–H groups in total. The first-order valence-corrected chi connectivity index (χ1v) is 7.70. The van der Waals surface area contributed by atoms with Gasteiger partial charge in [-0.15, -0.1) is 6.58 Å². The summed E-state index contributed by atoms with van der Waals surface area (Å²) in [6.07, 6.45) is 3.27. The van der Waals surface area contributed by atoms with Crippen LogP contribution in [-0.4, -0.2) is 18.7 Å².